The maximum Gasteiger partial charge on any atom is 0.260 e. The largest absolute Gasteiger partial charge is 0.487 e. The molecule has 1 saturated heterocycles. The Balaban J connectivity index is 1.43. The number of aryl methyl sites for hydroxylation is 1. The van der Waals surface area contributed by atoms with Crippen molar-refractivity contribution >= 4 is 10.9 Å². The van der Waals surface area contributed by atoms with Crippen LogP contribution in [-0.2, 0) is 0 Å². The standard InChI is InChI=1S/C21H20FN5O2/c1-12-8-14-11-24-26-19(14)16(9-12)21-25-20(27-29-21)13-2-3-18(17(22)10-13)28-15-4-6-23-7-5-15/h2-3,8-11,15,23H,4-7H2,1H3,(H,24,26). The Morgan fingerprint density at radius 3 is 2.86 bits per heavy atom. The van der Waals surface area contributed by atoms with Gasteiger partial charge >= 0.3 is 0 Å². The van der Waals surface area contributed by atoms with Gasteiger partial charge in [-0.1, -0.05) is 5.16 Å². The molecule has 29 heavy (non-hydrogen) atoms. The molecule has 7 nitrogen and oxygen atoms in total. The molecule has 0 saturated carbocycles. The van der Waals surface area contributed by atoms with E-state index in [1.807, 2.05) is 19.1 Å². The number of aromatic nitrogens is 4. The summed E-state index contributed by atoms with van der Waals surface area (Å²) in [6.45, 7) is 3.76. The van der Waals surface area contributed by atoms with E-state index in [1.54, 1.807) is 18.3 Å². The minimum Gasteiger partial charge on any atom is -0.487 e. The van der Waals surface area contributed by atoms with Crippen LogP contribution in [0.25, 0.3) is 33.7 Å². The summed E-state index contributed by atoms with van der Waals surface area (Å²) >= 11 is 0. The molecule has 1 fully saturated rings. The number of nitrogens with zero attached hydrogens (tertiary/aromatic N) is 3. The number of rotatable bonds is 4. The number of aromatic amines is 1. The Morgan fingerprint density at radius 2 is 2.03 bits per heavy atom. The molecule has 0 radical (unpaired) electrons. The Kier molecular flexibility index (Phi) is 4.48. The van der Waals surface area contributed by atoms with Crippen molar-refractivity contribution in [3.05, 3.63) is 47.9 Å². The number of ether oxygens (including phenoxy) is 1. The topological polar surface area (TPSA) is 88.9 Å². The minimum absolute atomic E-state index is 0.0338. The zero-order valence-corrected chi connectivity index (χ0v) is 15.9. The van der Waals surface area contributed by atoms with Gasteiger partial charge in [0.05, 0.1) is 17.3 Å². The summed E-state index contributed by atoms with van der Waals surface area (Å²) in [5.41, 5.74) is 3.17. The lowest BCUT2D eigenvalue weighted by Gasteiger charge is -2.24. The molecule has 1 aliphatic rings. The van der Waals surface area contributed by atoms with Crippen LogP contribution in [-0.4, -0.2) is 39.5 Å². The third-order valence-electron chi connectivity index (χ3n) is 5.12. The fraction of sp³-hybridized carbons (Fsp3) is 0.286. The van der Waals surface area contributed by atoms with E-state index in [1.165, 1.54) is 6.07 Å². The van der Waals surface area contributed by atoms with Crippen LogP contribution in [0.3, 0.4) is 0 Å². The molecule has 2 aromatic carbocycles. The molecule has 148 valence electrons. The van der Waals surface area contributed by atoms with Crippen LogP contribution in [0.2, 0.25) is 0 Å². The molecule has 0 aliphatic carbocycles. The fourth-order valence-corrected chi connectivity index (χ4v) is 3.65. The van der Waals surface area contributed by atoms with Crippen molar-refractivity contribution in [2.45, 2.75) is 25.9 Å². The molecule has 0 bridgehead atoms. The van der Waals surface area contributed by atoms with Crippen molar-refractivity contribution in [2.24, 2.45) is 0 Å². The number of hydrogen-bond donors (Lipinski definition) is 2. The Bertz CT molecular complexity index is 1160. The van der Waals surface area contributed by atoms with Crippen LogP contribution < -0.4 is 10.1 Å². The van der Waals surface area contributed by atoms with Crippen LogP contribution >= 0.6 is 0 Å². The summed E-state index contributed by atoms with van der Waals surface area (Å²) in [7, 11) is 0. The van der Waals surface area contributed by atoms with E-state index in [2.05, 4.69) is 25.7 Å². The summed E-state index contributed by atoms with van der Waals surface area (Å²) in [6, 6.07) is 8.73. The quantitative estimate of drug-likeness (QED) is 0.547. The zero-order valence-electron chi connectivity index (χ0n) is 15.9. The highest BCUT2D eigenvalue weighted by molar-refractivity contribution is 5.92. The van der Waals surface area contributed by atoms with E-state index in [4.69, 9.17) is 9.26 Å². The molecule has 4 aromatic rings. The lowest BCUT2D eigenvalue weighted by atomic mass is 10.1. The normalized spacial score (nSPS) is 15.1. The number of halogens is 1. The molecule has 0 spiro atoms. The first kappa shape index (κ1) is 17.8. The predicted octanol–water partition coefficient (Wildman–Crippen LogP) is 3.86. The van der Waals surface area contributed by atoms with Crippen molar-refractivity contribution < 1.29 is 13.7 Å². The predicted molar refractivity (Wildman–Crippen MR) is 106 cm³/mol. The lowest BCUT2D eigenvalue weighted by molar-refractivity contribution is 0.156. The Hall–Kier alpha value is -3.26. The van der Waals surface area contributed by atoms with Crippen LogP contribution in [0.15, 0.2) is 41.1 Å². The highest BCUT2D eigenvalue weighted by atomic mass is 19.1. The van der Waals surface area contributed by atoms with Crippen molar-refractivity contribution in [1.82, 2.24) is 25.7 Å². The SMILES string of the molecule is Cc1cc(-c2nc(-c3ccc(OC4CCNCC4)c(F)c3)no2)c2[nH]ncc2c1. The van der Waals surface area contributed by atoms with Crippen molar-refractivity contribution in [2.75, 3.05) is 13.1 Å². The molecular weight excluding hydrogens is 373 g/mol. The van der Waals surface area contributed by atoms with Crippen LogP contribution in [0.5, 0.6) is 5.75 Å². The highest BCUT2D eigenvalue weighted by Crippen LogP contribution is 2.30. The maximum atomic E-state index is 14.6. The van der Waals surface area contributed by atoms with Crippen LogP contribution in [0.1, 0.15) is 18.4 Å². The van der Waals surface area contributed by atoms with Crippen molar-refractivity contribution in [1.29, 1.82) is 0 Å². The number of benzene rings is 2. The number of fused-ring (bicyclic) bond motifs is 1. The number of H-pyrrole nitrogens is 1. The molecule has 3 heterocycles. The average Bonchev–Trinajstić information content (AvgIpc) is 3.39. The van der Waals surface area contributed by atoms with Gasteiger partial charge in [-0.25, -0.2) is 4.39 Å². The minimum atomic E-state index is -0.432. The number of hydrogen-bond acceptors (Lipinski definition) is 6. The van der Waals surface area contributed by atoms with Gasteiger partial charge in [0.15, 0.2) is 11.6 Å². The summed E-state index contributed by atoms with van der Waals surface area (Å²) in [6.07, 6.45) is 3.52. The van der Waals surface area contributed by atoms with E-state index in [0.717, 1.165) is 48.0 Å². The zero-order chi connectivity index (χ0) is 19.8. The first-order chi connectivity index (χ1) is 14.2. The first-order valence-electron chi connectivity index (χ1n) is 9.62. The van der Waals surface area contributed by atoms with Gasteiger partial charge in [-0.05, 0) is 68.8 Å². The van der Waals surface area contributed by atoms with Crippen molar-refractivity contribution in [3.63, 3.8) is 0 Å². The van der Waals surface area contributed by atoms with Crippen molar-refractivity contribution in [3.8, 4) is 28.6 Å². The second kappa shape index (κ2) is 7.29. The van der Waals surface area contributed by atoms with E-state index >= 15 is 0 Å². The monoisotopic (exact) mass is 393 g/mol. The van der Waals surface area contributed by atoms with E-state index < -0.39 is 5.82 Å². The van der Waals surface area contributed by atoms with Gasteiger partial charge in [0.1, 0.15) is 6.10 Å². The van der Waals surface area contributed by atoms with Gasteiger partial charge in [-0.3, -0.25) is 5.10 Å². The van der Waals surface area contributed by atoms with Gasteiger partial charge in [-0.2, -0.15) is 10.1 Å². The maximum absolute atomic E-state index is 14.6. The molecule has 8 heteroatoms. The molecule has 0 atom stereocenters. The van der Waals surface area contributed by atoms with Gasteiger partial charge in [-0.15, -0.1) is 0 Å². The molecule has 5 rings (SSSR count). The van der Waals surface area contributed by atoms with Gasteiger partial charge < -0.3 is 14.6 Å². The molecule has 0 amide bonds. The van der Waals surface area contributed by atoms with Gasteiger partial charge in [0.25, 0.3) is 5.89 Å². The molecule has 2 aromatic heterocycles. The third-order valence-corrected chi connectivity index (χ3v) is 5.12. The first-order valence-corrected chi connectivity index (χ1v) is 9.62. The summed E-state index contributed by atoms with van der Waals surface area (Å²) in [5.74, 6) is 0.496. The molecule has 1 aliphatic heterocycles. The molecule has 0 unspecified atom stereocenters. The van der Waals surface area contributed by atoms with E-state index in [9.17, 15) is 4.39 Å². The summed E-state index contributed by atoms with van der Waals surface area (Å²) in [4.78, 5) is 4.47. The van der Waals surface area contributed by atoms with Gasteiger partial charge in [0.2, 0.25) is 5.82 Å². The van der Waals surface area contributed by atoms with E-state index in [0.29, 0.717) is 17.3 Å². The summed E-state index contributed by atoms with van der Waals surface area (Å²) < 4.78 is 25.9. The second-order valence-electron chi connectivity index (χ2n) is 7.28. The highest BCUT2D eigenvalue weighted by Gasteiger charge is 2.19. The number of piperidine rings is 1. The number of nitrogens with one attached hydrogen (secondary N) is 2. The second-order valence-corrected chi connectivity index (χ2v) is 7.28. The average molecular weight is 393 g/mol. The third kappa shape index (κ3) is 3.47. The smallest absolute Gasteiger partial charge is 0.260 e. The lowest BCUT2D eigenvalue weighted by Crippen LogP contribution is -2.34. The Morgan fingerprint density at radius 1 is 1.17 bits per heavy atom. The van der Waals surface area contributed by atoms with Gasteiger partial charge in [0, 0.05) is 10.9 Å². The fourth-order valence-electron chi connectivity index (χ4n) is 3.65. The Labute approximate surface area is 166 Å². The molecule has 2 N–H and O–H groups in total. The van der Waals surface area contributed by atoms with E-state index in [-0.39, 0.29) is 11.9 Å². The summed E-state index contributed by atoms with van der Waals surface area (Å²) in [5, 5.41) is 15.3. The van der Waals surface area contributed by atoms with Crippen LogP contribution in [0, 0.1) is 12.7 Å². The van der Waals surface area contributed by atoms with Crippen LogP contribution in [0.4, 0.5) is 4.39 Å². The molecular formula is C21H20FN5O2.